The Hall–Kier alpha value is -1.59. The minimum absolute atomic E-state index is 0.0636. The van der Waals surface area contributed by atoms with E-state index in [0.29, 0.717) is 19.3 Å². The third-order valence-electron chi connectivity index (χ3n) is 12.0. The number of esters is 3. The lowest BCUT2D eigenvalue weighted by Gasteiger charge is -2.18. The second kappa shape index (κ2) is 47.5. The zero-order valence-electron chi connectivity index (χ0n) is 40.2. The van der Waals surface area contributed by atoms with Crippen LogP contribution in [0.3, 0.4) is 0 Å². The van der Waals surface area contributed by atoms with Crippen molar-refractivity contribution >= 4 is 17.9 Å². The summed E-state index contributed by atoms with van der Waals surface area (Å²) in [4.78, 5) is 37.9. The maximum Gasteiger partial charge on any atom is 0.306 e. The molecule has 0 saturated heterocycles. The van der Waals surface area contributed by atoms with E-state index in [1.54, 1.807) is 0 Å². The second-order valence-corrected chi connectivity index (χ2v) is 18.6. The van der Waals surface area contributed by atoms with Crippen molar-refractivity contribution in [1.29, 1.82) is 0 Å². The number of carbonyl (C=O) groups excluding carboxylic acids is 3. The number of hydrogen-bond acceptors (Lipinski definition) is 6. The summed E-state index contributed by atoms with van der Waals surface area (Å²) in [5.74, 6) is -0.0856. The Kier molecular flexibility index (Phi) is 46.2. The van der Waals surface area contributed by atoms with Gasteiger partial charge in [-0.1, -0.05) is 259 Å². The molecule has 0 aliphatic rings. The maximum absolute atomic E-state index is 12.8. The van der Waals surface area contributed by atoms with Gasteiger partial charge in [0.05, 0.1) is 0 Å². The second-order valence-electron chi connectivity index (χ2n) is 18.6. The van der Waals surface area contributed by atoms with Crippen LogP contribution in [-0.4, -0.2) is 37.2 Å². The third-order valence-corrected chi connectivity index (χ3v) is 12.0. The van der Waals surface area contributed by atoms with Crippen molar-refractivity contribution in [3.05, 3.63) is 0 Å². The predicted molar refractivity (Wildman–Crippen MR) is 252 cm³/mol. The van der Waals surface area contributed by atoms with E-state index in [2.05, 4.69) is 27.7 Å². The average Bonchev–Trinajstić information content (AvgIpc) is 3.22. The van der Waals surface area contributed by atoms with Gasteiger partial charge in [0.25, 0.3) is 0 Å². The quantitative estimate of drug-likeness (QED) is 0.0345. The van der Waals surface area contributed by atoms with E-state index in [1.807, 2.05) is 0 Å². The minimum Gasteiger partial charge on any atom is -0.462 e. The summed E-state index contributed by atoms with van der Waals surface area (Å²) in [6, 6.07) is 0. The van der Waals surface area contributed by atoms with Crippen molar-refractivity contribution in [3.8, 4) is 0 Å². The summed E-state index contributed by atoms with van der Waals surface area (Å²) in [5, 5.41) is 0. The molecule has 0 rings (SSSR count). The molecule has 0 N–H and O–H groups in total. The molecule has 0 radical (unpaired) electrons. The molecule has 0 aliphatic carbocycles. The number of rotatable bonds is 48. The highest BCUT2D eigenvalue weighted by Gasteiger charge is 2.19. The highest BCUT2D eigenvalue weighted by Crippen LogP contribution is 2.17. The molecule has 0 aromatic rings. The van der Waals surface area contributed by atoms with E-state index in [0.717, 1.165) is 63.7 Å². The fourth-order valence-corrected chi connectivity index (χ4v) is 8.04. The topological polar surface area (TPSA) is 78.9 Å². The van der Waals surface area contributed by atoms with Crippen LogP contribution < -0.4 is 0 Å². The summed E-state index contributed by atoms with van der Waals surface area (Å²) in [6.07, 6.45) is 49.6. The zero-order valence-corrected chi connectivity index (χ0v) is 40.2. The number of unbranched alkanes of at least 4 members (excludes halogenated alkanes) is 35. The highest BCUT2D eigenvalue weighted by atomic mass is 16.6. The van der Waals surface area contributed by atoms with E-state index in [4.69, 9.17) is 14.2 Å². The Morgan fingerprint density at radius 1 is 0.322 bits per heavy atom. The first kappa shape index (κ1) is 57.4. The van der Waals surface area contributed by atoms with Crippen LogP contribution in [0.2, 0.25) is 0 Å². The van der Waals surface area contributed by atoms with E-state index in [-0.39, 0.29) is 31.1 Å². The molecule has 0 aromatic carbocycles. The monoisotopic (exact) mass is 835 g/mol. The predicted octanol–water partition coefficient (Wildman–Crippen LogP) is 17.1. The summed E-state index contributed by atoms with van der Waals surface area (Å²) < 4.78 is 16.8. The molecule has 0 amide bonds. The zero-order chi connectivity index (χ0) is 43.1. The molecule has 0 aromatic heterocycles. The van der Waals surface area contributed by atoms with Crippen molar-refractivity contribution in [2.75, 3.05) is 13.2 Å². The van der Waals surface area contributed by atoms with Crippen LogP contribution in [0.5, 0.6) is 0 Å². The van der Waals surface area contributed by atoms with Crippen LogP contribution in [0.15, 0.2) is 0 Å². The maximum atomic E-state index is 12.8. The first-order chi connectivity index (χ1) is 28.9. The third kappa shape index (κ3) is 47.3. The molecule has 1 atom stereocenters. The summed E-state index contributed by atoms with van der Waals surface area (Å²) in [6.45, 7) is 8.96. The molecule has 0 heterocycles. The first-order valence-corrected chi connectivity index (χ1v) is 26.4. The standard InChI is InChI=1S/C53H102O6/c1-5-7-9-11-13-15-17-19-20-21-22-23-24-26-28-30-32-38-42-46-53(56)59-50(48-58-52(55)45-41-37-34-33-35-39-43-49(3)4)47-57-51(54)44-40-36-31-29-27-25-18-16-14-12-10-8-6-2/h49-50H,5-48H2,1-4H3/t50-/m0/s1. The molecule has 0 spiro atoms. The number of carbonyl (C=O) groups is 3. The van der Waals surface area contributed by atoms with E-state index >= 15 is 0 Å². The van der Waals surface area contributed by atoms with Gasteiger partial charge in [-0.2, -0.15) is 0 Å². The lowest BCUT2D eigenvalue weighted by atomic mass is 10.0. The van der Waals surface area contributed by atoms with Gasteiger partial charge >= 0.3 is 17.9 Å². The van der Waals surface area contributed by atoms with Gasteiger partial charge < -0.3 is 14.2 Å². The molecular weight excluding hydrogens is 733 g/mol. The molecule has 350 valence electrons. The molecular formula is C53H102O6. The highest BCUT2D eigenvalue weighted by molar-refractivity contribution is 5.71. The average molecular weight is 835 g/mol. The van der Waals surface area contributed by atoms with Gasteiger partial charge in [0.2, 0.25) is 0 Å². The molecule has 59 heavy (non-hydrogen) atoms. The lowest BCUT2D eigenvalue weighted by molar-refractivity contribution is -0.167. The number of ether oxygens (including phenoxy) is 3. The molecule has 0 unspecified atom stereocenters. The van der Waals surface area contributed by atoms with Gasteiger partial charge in [0, 0.05) is 19.3 Å². The Balaban J connectivity index is 4.23. The van der Waals surface area contributed by atoms with Gasteiger partial charge in [-0.3, -0.25) is 14.4 Å². The molecule has 0 fully saturated rings. The van der Waals surface area contributed by atoms with Crippen molar-refractivity contribution in [2.24, 2.45) is 5.92 Å². The summed E-state index contributed by atoms with van der Waals surface area (Å²) >= 11 is 0. The Bertz CT molecular complexity index is 887. The molecule has 0 aliphatic heterocycles. The summed E-state index contributed by atoms with van der Waals surface area (Å²) in [7, 11) is 0. The molecule has 6 nitrogen and oxygen atoms in total. The fourth-order valence-electron chi connectivity index (χ4n) is 8.04. The molecule has 0 bridgehead atoms. The van der Waals surface area contributed by atoms with Crippen LogP contribution in [-0.2, 0) is 28.6 Å². The largest absolute Gasteiger partial charge is 0.462 e. The fraction of sp³-hybridized carbons (Fsp3) is 0.943. The van der Waals surface area contributed by atoms with Gasteiger partial charge in [0.15, 0.2) is 6.10 Å². The Labute approximate surface area is 368 Å². The van der Waals surface area contributed by atoms with Gasteiger partial charge in [-0.25, -0.2) is 0 Å². The van der Waals surface area contributed by atoms with Crippen LogP contribution in [0.1, 0.15) is 297 Å². The van der Waals surface area contributed by atoms with Crippen molar-refractivity contribution in [3.63, 3.8) is 0 Å². The lowest BCUT2D eigenvalue weighted by Crippen LogP contribution is -2.30. The summed E-state index contributed by atoms with van der Waals surface area (Å²) in [5.41, 5.74) is 0. The van der Waals surface area contributed by atoms with Crippen LogP contribution in [0.4, 0.5) is 0 Å². The van der Waals surface area contributed by atoms with Gasteiger partial charge in [-0.05, 0) is 25.2 Å². The molecule has 0 saturated carbocycles. The van der Waals surface area contributed by atoms with Gasteiger partial charge in [0.1, 0.15) is 13.2 Å². The van der Waals surface area contributed by atoms with Crippen LogP contribution in [0, 0.1) is 5.92 Å². The Morgan fingerprint density at radius 2 is 0.559 bits per heavy atom. The first-order valence-electron chi connectivity index (χ1n) is 26.4. The van der Waals surface area contributed by atoms with Crippen LogP contribution in [0.25, 0.3) is 0 Å². The smallest absolute Gasteiger partial charge is 0.306 e. The van der Waals surface area contributed by atoms with Crippen molar-refractivity contribution in [2.45, 2.75) is 303 Å². The minimum atomic E-state index is -0.761. The van der Waals surface area contributed by atoms with E-state index < -0.39 is 6.10 Å². The van der Waals surface area contributed by atoms with E-state index in [1.165, 1.54) is 193 Å². The van der Waals surface area contributed by atoms with Crippen LogP contribution >= 0.6 is 0 Å². The van der Waals surface area contributed by atoms with E-state index in [9.17, 15) is 14.4 Å². The van der Waals surface area contributed by atoms with Gasteiger partial charge in [-0.15, -0.1) is 0 Å². The number of hydrogen-bond donors (Lipinski definition) is 0. The Morgan fingerprint density at radius 3 is 0.831 bits per heavy atom. The normalized spacial score (nSPS) is 11.9. The van der Waals surface area contributed by atoms with Crippen molar-refractivity contribution in [1.82, 2.24) is 0 Å². The SMILES string of the molecule is CCCCCCCCCCCCCCCCCCCCCC(=O)O[C@@H](COC(=O)CCCCCCCCCCCCCCC)COC(=O)CCCCCCCCC(C)C. The van der Waals surface area contributed by atoms with Crippen molar-refractivity contribution < 1.29 is 28.6 Å². The molecule has 6 heteroatoms.